The van der Waals surface area contributed by atoms with Crippen molar-refractivity contribution in [1.29, 1.82) is 0 Å². The molecule has 1 N–H and O–H groups in total. The fourth-order valence-corrected chi connectivity index (χ4v) is 4.23. The summed E-state index contributed by atoms with van der Waals surface area (Å²) in [6.45, 7) is 11.7. The number of rotatable bonds is 1. The van der Waals surface area contributed by atoms with Gasteiger partial charge in [-0.25, -0.2) is 0 Å². The third kappa shape index (κ3) is 4.14. The zero-order valence-corrected chi connectivity index (χ0v) is 14.0. The minimum absolute atomic E-state index is 0.292. The molecule has 4 unspecified atom stereocenters. The molecule has 0 aromatic rings. The fourth-order valence-electron chi connectivity index (χ4n) is 3.25. The second-order valence-electron chi connectivity index (χ2n) is 7.60. The molecule has 0 radical (unpaired) electrons. The van der Waals surface area contributed by atoms with E-state index < -0.39 is 0 Å². The van der Waals surface area contributed by atoms with Crippen molar-refractivity contribution in [3.63, 3.8) is 0 Å². The van der Waals surface area contributed by atoms with E-state index in [0.29, 0.717) is 17.5 Å². The molecule has 0 aromatic carbocycles. The Kier molecular flexibility index (Phi) is 4.86. The molecule has 1 heterocycles. The van der Waals surface area contributed by atoms with Gasteiger partial charge >= 0.3 is 0 Å². The van der Waals surface area contributed by atoms with Crippen LogP contribution < -0.4 is 5.32 Å². The maximum absolute atomic E-state index is 4.97. The lowest BCUT2D eigenvalue weighted by Gasteiger charge is -2.36. The smallest absolute Gasteiger partial charge is 0.157 e. The highest BCUT2D eigenvalue weighted by Crippen LogP contribution is 2.32. The third-order valence-electron chi connectivity index (χ3n) is 4.64. The quantitative estimate of drug-likeness (QED) is 0.775. The van der Waals surface area contributed by atoms with Gasteiger partial charge in [-0.1, -0.05) is 46.4 Å². The lowest BCUT2D eigenvalue weighted by atomic mass is 9.80. The SMILES string of the molecule is CC1CCC(NC2=NC(C(C)(C)C)CCS2)C(C)C1. The summed E-state index contributed by atoms with van der Waals surface area (Å²) >= 11 is 1.92. The molecule has 2 nitrogen and oxygen atoms in total. The summed E-state index contributed by atoms with van der Waals surface area (Å²) in [5.41, 5.74) is 0.292. The van der Waals surface area contributed by atoms with E-state index in [9.17, 15) is 0 Å². The van der Waals surface area contributed by atoms with Crippen LogP contribution in [0.3, 0.4) is 0 Å². The van der Waals surface area contributed by atoms with Gasteiger partial charge in [0.05, 0.1) is 6.04 Å². The Balaban J connectivity index is 1.96. The van der Waals surface area contributed by atoms with Gasteiger partial charge in [0.2, 0.25) is 0 Å². The van der Waals surface area contributed by atoms with Gasteiger partial charge in [0.1, 0.15) is 0 Å². The molecule has 19 heavy (non-hydrogen) atoms. The van der Waals surface area contributed by atoms with E-state index >= 15 is 0 Å². The van der Waals surface area contributed by atoms with Crippen molar-refractivity contribution in [2.75, 3.05) is 5.75 Å². The first-order valence-electron chi connectivity index (χ1n) is 7.83. The second-order valence-corrected chi connectivity index (χ2v) is 8.68. The molecule has 110 valence electrons. The standard InChI is InChI=1S/C16H30N2S/c1-11-6-7-13(12(2)10-11)17-15-18-14(8-9-19-15)16(3,4)5/h11-14H,6-10H2,1-5H3,(H,17,18). The van der Waals surface area contributed by atoms with E-state index in [1.807, 2.05) is 11.8 Å². The van der Waals surface area contributed by atoms with Crippen molar-refractivity contribution in [2.45, 2.75) is 72.4 Å². The predicted molar refractivity (Wildman–Crippen MR) is 86.9 cm³/mol. The molecule has 0 aromatic heterocycles. The Morgan fingerprint density at radius 2 is 1.89 bits per heavy atom. The first-order valence-corrected chi connectivity index (χ1v) is 8.82. The number of hydrogen-bond acceptors (Lipinski definition) is 3. The van der Waals surface area contributed by atoms with Gasteiger partial charge in [-0.15, -0.1) is 0 Å². The minimum atomic E-state index is 0.292. The lowest BCUT2D eigenvalue weighted by molar-refractivity contribution is 0.247. The molecule has 3 heteroatoms. The predicted octanol–water partition coefficient (Wildman–Crippen LogP) is 4.31. The number of nitrogens with zero attached hydrogens (tertiary/aromatic N) is 1. The normalized spacial score (nSPS) is 36.8. The van der Waals surface area contributed by atoms with E-state index in [1.54, 1.807) is 0 Å². The topological polar surface area (TPSA) is 24.4 Å². The molecule has 1 aliphatic heterocycles. The maximum atomic E-state index is 4.97. The van der Waals surface area contributed by atoms with Crippen LogP contribution in [0.15, 0.2) is 4.99 Å². The molecule has 2 aliphatic rings. The molecule has 0 amide bonds. The molecular weight excluding hydrogens is 252 g/mol. The van der Waals surface area contributed by atoms with E-state index in [0.717, 1.165) is 11.8 Å². The van der Waals surface area contributed by atoms with E-state index in [-0.39, 0.29) is 0 Å². The third-order valence-corrected chi connectivity index (χ3v) is 5.58. The first kappa shape index (κ1) is 15.2. The highest BCUT2D eigenvalue weighted by Gasteiger charge is 2.30. The van der Waals surface area contributed by atoms with Gasteiger partial charge in [-0.3, -0.25) is 4.99 Å². The van der Waals surface area contributed by atoms with E-state index in [2.05, 4.69) is 39.9 Å². The molecule has 0 spiro atoms. The Morgan fingerprint density at radius 3 is 2.53 bits per heavy atom. The van der Waals surface area contributed by atoms with Crippen LogP contribution in [0.4, 0.5) is 0 Å². The van der Waals surface area contributed by atoms with Crippen LogP contribution in [0.25, 0.3) is 0 Å². The monoisotopic (exact) mass is 282 g/mol. The number of hydrogen-bond donors (Lipinski definition) is 1. The van der Waals surface area contributed by atoms with Gasteiger partial charge in [-0.2, -0.15) is 0 Å². The lowest BCUT2D eigenvalue weighted by Crippen LogP contribution is -2.43. The first-order chi connectivity index (χ1) is 8.86. The maximum Gasteiger partial charge on any atom is 0.157 e. The molecule has 2 rings (SSSR count). The zero-order chi connectivity index (χ0) is 14.0. The molecule has 0 bridgehead atoms. The van der Waals surface area contributed by atoms with Crippen LogP contribution in [-0.2, 0) is 0 Å². The summed E-state index contributed by atoms with van der Waals surface area (Å²) < 4.78 is 0. The highest BCUT2D eigenvalue weighted by atomic mass is 32.2. The summed E-state index contributed by atoms with van der Waals surface area (Å²) in [6, 6.07) is 1.12. The minimum Gasteiger partial charge on any atom is -0.362 e. The number of amidine groups is 1. The Bertz CT molecular complexity index is 332. The van der Waals surface area contributed by atoms with Crippen LogP contribution >= 0.6 is 11.8 Å². The number of nitrogens with one attached hydrogen (secondary N) is 1. The fraction of sp³-hybridized carbons (Fsp3) is 0.938. The Labute approximate surface area is 123 Å². The summed E-state index contributed by atoms with van der Waals surface area (Å²) in [5.74, 6) is 2.89. The van der Waals surface area contributed by atoms with Crippen molar-refractivity contribution < 1.29 is 0 Å². The molecular formula is C16H30N2S. The molecule has 0 saturated heterocycles. The van der Waals surface area contributed by atoms with Gasteiger partial charge < -0.3 is 5.32 Å². The van der Waals surface area contributed by atoms with Gasteiger partial charge in [0.25, 0.3) is 0 Å². The average molecular weight is 282 g/mol. The summed E-state index contributed by atoms with van der Waals surface area (Å²) in [6.07, 6.45) is 5.25. The van der Waals surface area contributed by atoms with Crippen molar-refractivity contribution >= 4 is 16.9 Å². The summed E-state index contributed by atoms with van der Waals surface area (Å²) in [5, 5.41) is 4.95. The largest absolute Gasteiger partial charge is 0.362 e. The Morgan fingerprint density at radius 1 is 1.16 bits per heavy atom. The van der Waals surface area contributed by atoms with Gasteiger partial charge in [0, 0.05) is 11.8 Å². The molecule has 1 fully saturated rings. The second kappa shape index (κ2) is 6.07. The number of thioether (sulfide) groups is 1. The van der Waals surface area contributed by atoms with E-state index in [1.165, 1.54) is 36.6 Å². The van der Waals surface area contributed by atoms with Crippen LogP contribution in [0.1, 0.15) is 60.3 Å². The summed E-state index contributed by atoms with van der Waals surface area (Å²) in [4.78, 5) is 4.97. The highest BCUT2D eigenvalue weighted by molar-refractivity contribution is 8.13. The zero-order valence-electron chi connectivity index (χ0n) is 13.2. The molecule has 1 saturated carbocycles. The van der Waals surface area contributed by atoms with Crippen LogP contribution in [0, 0.1) is 17.3 Å². The number of aliphatic imine (C=N–C) groups is 1. The van der Waals surface area contributed by atoms with Crippen LogP contribution in [-0.4, -0.2) is 23.0 Å². The van der Waals surface area contributed by atoms with Gasteiger partial charge in [-0.05, 0) is 42.9 Å². The summed E-state index contributed by atoms with van der Waals surface area (Å²) in [7, 11) is 0. The van der Waals surface area contributed by atoms with Crippen molar-refractivity contribution in [1.82, 2.24) is 5.32 Å². The van der Waals surface area contributed by atoms with Crippen molar-refractivity contribution in [2.24, 2.45) is 22.2 Å². The average Bonchev–Trinajstić information content (AvgIpc) is 2.32. The Hall–Kier alpha value is -0.180. The van der Waals surface area contributed by atoms with Crippen molar-refractivity contribution in [3.8, 4) is 0 Å². The van der Waals surface area contributed by atoms with Crippen molar-refractivity contribution in [3.05, 3.63) is 0 Å². The van der Waals surface area contributed by atoms with Gasteiger partial charge in [0.15, 0.2) is 5.17 Å². The molecule has 1 aliphatic carbocycles. The molecule has 4 atom stereocenters. The van der Waals surface area contributed by atoms with Crippen LogP contribution in [0.2, 0.25) is 0 Å². The van der Waals surface area contributed by atoms with Crippen LogP contribution in [0.5, 0.6) is 0 Å². The van der Waals surface area contributed by atoms with E-state index in [4.69, 9.17) is 4.99 Å².